The maximum absolute atomic E-state index is 9.77. The normalized spacial score (nSPS) is 10.8. The van der Waals surface area contributed by atoms with Gasteiger partial charge in [0.25, 0.3) is 0 Å². The molecule has 0 saturated carbocycles. The molecular formula is C9H9ClN4O. The van der Waals surface area contributed by atoms with Crippen LogP contribution in [0.5, 0.6) is 5.88 Å². The van der Waals surface area contributed by atoms with E-state index in [1.165, 1.54) is 6.20 Å². The monoisotopic (exact) mass is 224 g/mol. The molecule has 0 aliphatic heterocycles. The third-order valence-electron chi connectivity index (χ3n) is 2.24. The molecule has 0 radical (unpaired) electrons. The highest BCUT2D eigenvalue weighted by Gasteiger charge is 2.16. The SMILES string of the molecule is CCn1c(O)c(N=N)c2cc(Cl)cnc21. The van der Waals surface area contributed by atoms with Gasteiger partial charge in [0.15, 0.2) is 5.69 Å². The second kappa shape index (κ2) is 3.51. The average molecular weight is 225 g/mol. The molecule has 0 aliphatic carbocycles. The Bertz CT molecular complexity index is 534. The number of rotatable bonds is 2. The van der Waals surface area contributed by atoms with E-state index in [-0.39, 0.29) is 11.6 Å². The van der Waals surface area contributed by atoms with Crippen molar-refractivity contribution in [2.75, 3.05) is 0 Å². The molecule has 0 aliphatic rings. The van der Waals surface area contributed by atoms with E-state index in [9.17, 15) is 5.11 Å². The Morgan fingerprint density at radius 3 is 3.00 bits per heavy atom. The minimum atomic E-state index is -0.0442. The quantitative estimate of drug-likeness (QED) is 0.770. The van der Waals surface area contributed by atoms with E-state index < -0.39 is 0 Å². The summed E-state index contributed by atoms with van der Waals surface area (Å²) in [5.74, 6) is -0.0442. The zero-order valence-corrected chi connectivity index (χ0v) is 8.78. The number of nitrogens with one attached hydrogen (secondary N) is 1. The number of aryl methyl sites for hydroxylation is 1. The van der Waals surface area contributed by atoms with Gasteiger partial charge in [-0.1, -0.05) is 11.6 Å². The van der Waals surface area contributed by atoms with Crippen molar-refractivity contribution in [3.63, 3.8) is 0 Å². The van der Waals surface area contributed by atoms with Crippen LogP contribution in [0, 0.1) is 5.53 Å². The van der Waals surface area contributed by atoms with Crippen molar-refractivity contribution in [1.82, 2.24) is 9.55 Å². The van der Waals surface area contributed by atoms with E-state index in [1.807, 2.05) is 6.92 Å². The predicted molar refractivity (Wildman–Crippen MR) is 56.9 cm³/mol. The lowest BCUT2D eigenvalue weighted by Crippen LogP contribution is -1.93. The Labute approximate surface area is 90.8 Å². The van der Waals surface area contributed by atoms with Gasteiger partial charge in [-0.05, 0) is 13.0 Å². The van der Waals surface area contributed by atoms with Gasteiger partial charge < -0.3 is 5.11 Å². The molecule has 0 saturated heterocycles. The standard InChI is InChI=1S/C9H9ClN4O/c1-2-14-8-6(3-5(10)4-12-8)7(13-11)9(14)15/h3-4,11,15H,2H2,1H3. The molecule has 6 heteroatoms. The highest BCUT2D eigenvalue weighted by atomic mass is 35.5. The Hall–Kier alpha value is -1.62. The van der Waals surface area contributed by atoms with Gasteiger partial charge in [0.1, 0.15) is 5.65 Å². The van der Waals surface area contributed by atoms with Gasteiger partial charge in [-0.3, -0.25) is 4.57 Å². The topological polar surface area (TPSA) is 74.3 Å². The lowest BCUT2D eigenvalue weighted by molar-refractivity contribution is 0.426. The van der Waals surface area contributed by atoms with Crippen molar-refractivity contribution in [1.29, 1.82) is 5.53 Å². The van der Waals surface area contributed by atoms with Crippen LogP contribution < -0.4 is 0 Å². The average Bonchev–Trinajstić information content (AvgIpc) is 2.48. The first kappa shape index (κ1) is 9.92. The van der Waals surface area contributed by atoms with E-state index in [1.54, 1.807) is 10.6 Å². The molecule has 5 nitrogen and oxygen atoms in total. The zero-order valence-electron chi connectivity index (χ0n) is 8.03. The first-order chi connectivity index (χ1) is 7.19. The molecule has 0 fully saturated rings. The summed E-state index contributed by atoms with van der Waals surface area (Å²) in [5.41, 5.74) is 7.80. The fraction of sp³-hybridized carbons (Fsp3) is 0.222. The van der Waals surface area contributed by atoms with Gasteiger partial charge in [-0.2, -0.15) is 5.11 Å². The highest BCUT2D eigenvalue weighted by molar-refractivity contribution is 6.31. The summed E-state index contributed by atoms with van der Waals surface area (Å²) in [5, 5.41) is 14.1. The summed E-state index contributed by atoms with van der Waals surface area (Å²) in [6, 6.07) is 1.64. The molecule has 0 bridgehead atoms. The summed E-state index contributed by atoms with van der Waals surface area (Å²) in [4.78, 5) is 4.11. The largest absolute Gasteiger partial charge is 0.493 e. The van der Waals surface area contributed by atoms with Crippen molar-refractivity contribution < 1.29 is 5.11 Å². The molecule has 2 N–H and O–H groups in total. The molecule has 2 aromatic heterocycles. The molecule has 0 amide bonds. The summed E-state index contributed by atoms with van der Waals surface area (Å²) in [6.45, 7) is 2.44. The molecule has 15 heavy (non-hydrogen) atoms. The third kappa shape index (κ3) is 1.35. The lowest BCUT2D eigenvalue weighted by Gasteiger charge is -2.00. The van der Waals surface area contributed by atoms with E-state index >= 15 is 0 Å². The van der Waals surface area contributed by atoms with Gasteiger partial charge in [-0.15, -0.1) is 0 Å². The minimum Gasteiger partial charge on any atom is -0.493 e. The van der Waals surface area contributed by atoms with E-state index in [0.29, 0.717) is 22.6 Å². The van der Waals surface area contributed by atoms with E-state index in [4.69, 9.17) is 17.1 Å². The summed E-state index contributed by atoms with van der Waals surface area (Å²) in [6.07, 6.45) is 1.50. The number of aromatic hydroxyl groups is 1. The number of halogens is 1. The van der Waals surface area contributed by atoms with Crippen LogP contribution in [0.25, 0.3) is 11.0 Å². The highest BCUT2D eigenvalue weighted by Crippen LogP contribution is 2.38. The van der Waals surface area contributed by atoms with Gasteiger partial charge in [-0.25, -0.2) is 10.5 Å². The van der Waals surface area contributed by atoms with Crippen LogP contribution in [-0.2, 0) is 6.54 Å². The second-order valence-corrected chi connectivity index (χ2v) is 3.49. The maximum atomic E-state index is 9.77. The van der Waals surface area contributed by atoms with Gasteiger partial charge in [0.05, 0.1) is 10.4 Å². The van der Waals surface area contributed by atoms with Crippen LogP contribution in [0.15, 0.2) is 17.4 Å². The second-order valence-electron chi connectivity index (χ2n) is 3.05. The van der Waals surface area contributed by atoms with Crippen molar-refractivity contribution >= 4 is 28.3 Å². The Balaban J connectivity index is 2.91. The Kier molecular flexibility index (Phi) is 2.32. The van der Waals surface area contributed by atoms with Gasteiger partial charge in [0.2, 0.25) is 5.88 Å². The molecule has 0 unspecified atom stereocenters. The van der Waals surface area contributed by atoms with Crippen LogP contribution in [-0.4, -0.2) is 14.7 Å². The van der Waals surface area contributed by atoms with Crippen molar-refractivity contribution in [2.24, 2.45) is 5.11 Å². The maximum Gasteiger partial charge on any atom is 0.221 e. The molecule has 0 spiro atoms. The van der Waals surface area contributed by atoms with Crippen LogP contribution in [0.1, 0.15) is 6.92 Å². The van der Waals surface area contributed by atoms with E-state index in [0.717, 1.165) is 0 Å². The molecule has 2 aromatic rings. The third-order valence-corrected chi connectivity index (χ3v) is 2.45. The van der Waals surface area contributed by atoms with Crippen LogP contribution >= 0.6 is 11.6 Å². The zero-order chi connectivity index (χ0) is 11.0. The Morgan fingerprint density at radius 1 is 1.67 bits per heavy atom. The molecule has 2 rings (SSSR count). The lowest BCUT2D eigenvalue weighted by atomic mass is 10.3. The summed E-state index contributed by atoms with van der Waals surface area (Å²) >= 11 is 5.80. The smallest absolute Gasteiger partial charge is 0.221 e. The number of hydrogen-bond donors (Lipinski definition) is 2. The fourth-order valence-corrected chi connectivity index (χ4v) is 1.74. The van der Waals surface area contributed by atoms with Crippen molar-refractivity contribution in [2.45, 2.75) is 13.5 Å². The van der Waals surface area contributed by atoms with Crippen LogP contribution in [0.2, 0.25) is 5.02 Å². The predicted octanol–water partition coefficient (Wildman–Crippen LogP) is 3.08. The van der Waals surface area contributed by atoms with Crippen LogP contribution in [0.3, 0.4) is 0 Å². The molecular weight excluding hydrogens is 216 g/mol. The number of aromatic nitrogens is 2. The molecule has 0 atom stereocenters. The molecule has 78 valence electrons. The first-order valence-electron chi connectivity index (χ1n) is 4.43. The molecule has 0 aromatic carbocycles. The fourth-order valence-electron chi connectivity index (χ4n) is 1.58. The minimum absolute atomic E-state index is 0.0442. The van der Waals surface area contributed by atoms with Crippen molar-refractivity contribution in [3.05, 3.63) is 17.3 Å². The first-order valence-corrected chi connectivity index (χ1v) is 4.81. The Morgan fingerprint density at radius 2 is 2.40 bits per heavy atom. The van der Waals surface area contributed by atoms with E-state index in [2.05, 4.69) is 10.1 Å². The number of hydrogen-bond acceptors (Lipinski definition) is 4. The van der Waals surface area contributed by atoms with Gasteiger partial charge >= 0.3 is 0 Å². The number of fused-ring (bicyclic) bond motifs is 1. The van der Waals surface area contributed by atoms with Crippen molar-refractivity contribution in [3.8, 4) is 5.88 Å². The van der Waals surface area contributed by atoms with Crippen LogP contribution in [0.4, 0.5) is 5.69 Å². The molecule has 2 heterocycles. The summed E-state index contributed by atoms with van der Waals surface area (Å²) in [7, 11) is 0. The number of nitrogens with zero attached hydrogens (tertiary/aromatic N) is 3. The van der Waals surface area contributed by atoms with Gasteiger partial charge in [0, 0.05) is 12.7 Å². The summed E-state index contributed by atoms with van der Waals surface area (Å²) < 4.78 is 1.58. The number of pyridine rings is 1.